The van der Waals surface area contributed by atoms with Crippen molar-refractivity contribution >= 4 is 17.5 Å². The largest absolute Gasteiger partial charge is 0.493 e. The van der Waals surface area contributed by atoms with E-state index in [4.69, 9.17) is 9.47 Å². The summed E-state index contributed by atoms with van der Waals surface area (Å²) < 4.78 is 13.5. The number of carbonyl (C=O) groups is 2. The fourth-order valence-corrected chi connectivity index (χ4v) is 6.84. The van der Waals surface area contributed by atoms with Crippen LogP contribution in [0.1, 0.15) is 68.3 Å². The van der Waals surface area contributed by atoms with Gasteiger partial charge in [-0.3, -0.25) is 9.59 Å². The van der Waals surface area contributed by atoms with Gasteiger partial charge >= 0.3 is 0 Å². The molecule has 3 aliphatic carbocycles. The molecule has 0 spiro atoms. The number of methoxy groups -OCH3 is 1. The normalized spacial score (nSPS) is 23.1. The number of nitrogens with one attached hydrogen (secondary N) is 1. The van der Waals surface area contributed by atoms with Gasteiger partial charge in [0.2, 0.25) is 5.91 Å². The van der Waals surface area contributed by atoms with Crippen LogP contribution >= 0.6 is 0 Å². The lowest BCUT2D eigenvalue weighted by Crippen LogP contribution is -2.48. The van der Waals surface area contributed by atoms with Gasteiger partial charge < -0.3 is 19.7 Å². The molecule has 3 aromatic rings. The van der Waals surface area contributed by atoms with Gasteiger partial charge in [0.15, 0.2) is 17.1 Å². The third-order valence-corrected chi connectivity index (χ3v) is 9.46. The predicted molar refractivity (Wildman–Crippen MR) is 155 cm³/mol. The Bertz CT molecular complexity index is 1480. The zero-order chi connectivity index (χ0) is 28.6. The van der Waals surface area contributed by atoms with Gasteiger partial charge in [0.1, 0.15) is 11.6 Å². The van der Waals surface area contributed by atoms with Crippen LogP contribution in [-0.4, -0.2) is 57.6 Å². The van der Waals surface area contributed by atoms with E-state index in [0.29, 0.717) is 53.6 Å². The quantitative estimate of drug-likeness (QED) is 0.379. The number of carbonyl (C=O) groups excluding carboxylic acids is 2. The first kappa shape index (κ1) is 27.3. The molecule has 41 heavy (non-hydrogen) atoms. The highest BCUT2D eigenvalue weighted by Gasteiger charge is 2.50. The first-order chi connectivity index (χ1) is 19.9. The summed E-state index contributed by atoms with van der Waals surface area (Å²) in [6.07, 6.45) is 13.1. The zero-order valence-corrected chi connectivity index (χ0v) is 24.1. The molecule has 2 aromatic heterocycles. The number of hydrogen-bond donors (Lipinski definition) is 1. The molecule has 4 aliphatic rings. The van der Waals surface area contributed by atoms with E-state index < -0.39 is 6.04 Å². The summed E-state index contributed by atoms with van der Waals surface area (Å²) in [5.74, 6) is 2.37. The third-order valence-electron chi connectivity index (χ3n) is 9.46. The van der Waals surface area contributed by atoms with E-state index in [1.165, 1.54) is 24.6 Å². The second-order valence-corrected chi connectivity index (χ2v) is 12.1. The van der Waals surface area contributed by atoms with Crippen molar-refractivity contribution in [1.82, 2.24) is 24.8 Å². The topological polar surface area (TPSA) is 98.1 Å². The van der Waals surface area contributed by atoms with Crippen LogP contribution in [0.4, 0.5) is 0 Å². The lowest BCUT2D eigenvalue weighted by molar-refractivity contribution is -0.125. The van der Waals surface area contributed by atoms with E-state index >= 15 is 0 Å². The van der Waals surface area contributed by atoms with Gasteiger partial charge in [-0.25, -0.2) is 9.50 Å². The molecule has 216 valence electrons. The number of hydrogen-bond acceptors (Lipinski definition) is 6. The van der Waals surface area contributed by atoms with Crippen LogP contribution < -0.4 is 14.8 Å². The van der Waals surface area contributed by atoms with Gasteiger partial charge in [-0.2, -0.15) is 5.10 Å². The van der Waals surface area contributed by atoms with E-state index in [0.717, 1.165) is 30.7 Å². The minimum Gasteiger partial charge on any atom is -0.493 e. The standard InChI is InChI=1S/C32H39N5O4/c1-32(2)23-10-9-22(25(32)18-23)12-16-41-27-11-8-21(17-28(27)40-3)20-36(26-7-4-5-13-34-30(26)38)31(39)24-19-35-37-15-6-14-33-29(24)37/h6,8-9,11,14-15,17,19,23,25-26H,4-5,7,10,12-13,16,18,20H2,1-3H3,(H,34,38)/t23-,25-,26-/m0/s1. The summed E-state index contributed by atoms with van der Waals surface area (Å²) in [6.45, 7) is 6.22. The molecule has 9 heteroatoms. The number of nitrogens with zero attached hydrogens (tertiary/aromatic N) is 4. The summed E-state index contributed by atoms with van der Waals surface area (Å²) in [7, 11) is 1.62. The van der Waals surface area contributed by atoms with E-state index in [9.17, 15) is 9.59 Å². The molecule has 0 radical (unpaired) electrons. The highest BCUT2D eigenvalue weighted by atomic mass is 16.5. The first-order valence-corrected chi connectivity index (χ1v) is 14.7. The number of rotatable bonds is 9. The molecular formula is C32H39N5O4. The molecule has 3 atom stereocenters. The van der Waals surface area contributed by atoms with E-state index in [1.807, 2.05) is 18.2 Å². The Morgan fingerprint density at radius 2 is 2.12 bits per heavy atom. The smallest absolute Gasteiger partial charge is 0.260 e. The fourth-order valence-electron chi connectivity index (χ4n) is 6.84. The van der Waals surface area contributed by atoms with Gasteiger partial charge in [-0.1, -0.05) is 31.6 Å². The molecule has 1 saturated carbocycles. The fraction of sp³-hybridized carbons (Fsp3) is 0.500. The van der Waals surface area contributed by atoms with Crippen LogP contribution in [-0.2, 0) is 11.3 Å². The second-order valence-electron chi connectivity index (χ2n) is 12.1. The molecule has 1 aromatic carbocycles. The SMILES string of the molecule is COc1cc(CN(C(=O)c2cnn3cccnc23)[C@H]2CCCCNC2=O)ccc1OCCC1=CC[C@H]2C[C@@H]1C2(C)C. The molecule has 1 N–H and O–H groups in total. The lowest BCUT2D eigenvalue weighted by atomic mass is 9.48. The molecule has 2 amide bonds. The maximum Gasteiger partial charge on any atom is 0.260 e. The number of allylic oxidation sites excluding steroid dienone is 1. The number of aromatic nitrogens is 3. The third kappa shape index (κ3) is 5.18. The number of ether oxygens (including phenoxy) is 2. The van der Waals surface area contributed by atoms with Crippen molar-refractivity contribution in [3.8, 4) is 11.5 Å². The average Bonchev–Trinajstić information content (AvgIpc) is 3.30. The highest BCUT2D eigenvalue weighted by molar-refractivity contribution is 6.01. The molecule has 9 nitrogen and oxygen atoms in total. The van der Waals surface area contributed by atoms with Crippen LogP contribution in [0, 0.1) is 17.3 Å². The summed E-state index contributed by atoms with van der Waals surface area (Å²) >= 11 is 0. The highest BCUT2D eigenvalue weighted by Crippen LogP contribution is 2.59. The molecule has 0 unspecified atom stereocenters. The molecular weight excluding hydrogens is 518 g/mol. The summed E-state index contributed by atoms with van der Waals surface area (Å²) in [5.41, 5.74) is 3.60. The first-order valence-electron chi connectivity index (χ1n) is 14.7. The Hall–Kier alpha value is -3.88. The molecule has 2 fully saturated rings. The number of fused-ring (bicyclic) bond motifs is 2. The van der Waals surface area contributed by atoms with Crippen molar-refractivity contribution in [2.75, 3.05) is 20.3 Å². The second kappa shape index (κ2) is 11.2. The Morgan fingerprint density at radius 3 is 2.93 bits per heavy atom. The Morgan fingerprint density at radius 1 is 1.24 bits per heavy atom. The van der Waals surface area contributed by atoms with Gasteiger partial charge in [0.25, 0.3) is 5.91 Å². The van der Waals surface area contributed by atoms with Gasteiger partial charge in [-0.05, 0) is 73.1 Å². The van der Waals surface area contributed by atoms with Gasteiger partial charge in [0.05, 0.1) is 19.9 Å². The van der Waals surface area contributed by atoms with E-state index in [1.54, 1.807) is 35.0 Å². The summed E-state index contributed by atoms with van der Waals surface area (Å²) in [6, 6.07) is 6.92. The van der Waals surface area contributed by atoms with Crippen molar-refractivity contribution in [2.24, 2.45) is 17.3 Å². The Balaban J connectivity index is 1.20. The molecule has 1 aliphatic heterocycles. The van der Waals surface area contributed by atoms with Crippen molar-refractivity contribution in [3.63, 3.8) is 0 Å². The van der Waals surface area contributed by atoms with Crippen molar-refractivity contribution in [3.05, 3.63) is 65.6 Å². The molecule has 3 heterocycles. The van der Waals surface area contributed by atoms with Crippen LogP contribution in [0.5, 0.6) is 11.5 Å². The van der Waals surface area contributed by atoms with Gasteiger partial charge in [-0.15, -0.1) is 0 Å². The molecule has 7 rings (SSSR count). The van der Waals surface area contributed by atoms with Crippen molar-refractivity contribution < 1.29 is 19.1 Å². The zero-order valence-electron chi connectivity index (χ0n) is 24.1. The minimum absolute atomic E-state index is 0.134. The molecule has 1 saturated heterocycles. The summed E-state index contributed by atoms with van der Waals surface area (Å²) in [5, 5.41) is 7.27. The van der Waals surface area contributed by atoms with Gasteiger partial charge in [0, 0.05) is 31.9 Å². The van der Waals surface area contributed by atoms with Crippen molar-refractivity contribution in [2.45, 2.75) is 65.0 Å². The lowest BCUT2D eigenvalue weighted by Gasteiger charge is -2.56. The monoisotopic (exact) mass is 557 g/mol. The van der Waals surface area contributed by atoms with Crippen molar-refractivity contribution in [1.29, 1.82) is 0 Å². The molecule has 2 bridgehead atoms. The van der Waals surface area contributed by atoms with E-state index in [-0.39, 0.29) is 18.4 Å². The summed E-state index contributed by atoms with van der Waals surface area (Å²) in [4.78, 5) is 33.1. The van der Waals surface area contributed by atoms with Crippen LogP contribution in [0.2, 0.25) is 0 Å². The number of amides is 2. The predicted octanol–water partition coefficient (Wildman–Crippen LogP) is 4.81. The van der Waals surface area contributed by atoms with Crippen LogP contribution in [0.3, 0.4) is 0 Å². The Kier molecular flexibility index (Phi) is 7.45. The average molecular weight is 558 g/mol. The number of benzene rings is 1. The maximum absolute atomic E-state index is 14.0. The van der Waals surface area contributed by atoms with Crippen LogP contribution in [0.25, 0.3) is 5.65 Å². The Labute approximate surface area is 240 Å². The maximum atomic E-state index is 14.0. The van der Waals surface area contributed by atoms with Crippen LogP contribution in [0.15, 0.2) is 54.5 Å². The minimum atomic E-state index is -0.593. The van der Waals surface area contributed by atoms with E-state index in [2.05, 4.69) is 35.3 Å².